The van der Waals surface area contributed by atoms with E-state index in [4.69, 9.17) is 0 Å². The highest BCUT2D eigenvalue weighted by atomic mass is 32.2. The number of hydrogen-bond donors (Lipinski definition) is 0. The van der Waals surface area contributed by atoms with Crippen LogP contribution in [0.15, 0.2) is 51.3 Å². The minimum atomic E-state index is 0.952. The Morgan fingerprint density at radius 3 is 2.38 bits per heavy atom. The Morgan fingerprint density at radius 1 is 1.31 bits per heavy atom. The molecule has 0 N–H and O–H groups in total. The van der Waals surface area contributed by atoms with Crippen molar-refractivity contribution in [3.05, 3.63) is 46.3 Å². The highest BCUT2D eigenvalue weighted by Crippen LogP contribution is 2.24. The lowest BCUT2D eigenvalue weighted by Gasteiger charge is -2.04. The topological polar surface area (TPSA) is 12.4 Å². The van der Waals surface area contributed by atoms with Gasteiger partial charge in [-0.25, -0.2) is 0 Å². The molecule has 0 saturated heterocycles. The van der Waals surface area contributed by atoms with E-state index in [-0.39, 0.29) is 0 Å². The molecule has 0 rings (SSSR count). The van der Waals surface area contributed by atoms with E-state index in [2.05, 4.69) is 30.5 Å². The second kappa shape index (κ2) is 8.17. The number of rotatable bonds is 6. The van der Waals surface area contributed by atoms with Crippen molar-refractivity contribution in [2.75, 3.05) is 7.05 Å². The van der Waals surface area contributed by atoms with Gasteiger partial charge in [0.25, 0.3) is 0 Å². The average molecular weight is 235 g/mol. The first kappa shape index (κ1) is 15.0. The molecular formula is C14H21NS. The van der Waals surface area contributed by atoms with E-state index in [0.717, 1.165) is 16.9 Å². The van der Waals surface area contributed by atoms with Crippen LogP contribution in [-0.2, 0) is 0 Å². The predicted octanol–water partition coefficient (Wildman–Crippen LogP) is 4.75. The van der Waals surface area contributed by atoms with Crippen LogP contribution in [0.4, 0.5) is 0 Å². The molecule has 0 aliphatic carbocycles. The van der Waals surface area contributed by atoms with Crippen molar-refractivity contribution >= 4 is 18.0 Å². The Labute approximate surface area is 104 Å². The number of nitrogens with zero attached hydrogens (tertiary/aromatic N) is 1. The fourth-order valence-electron chi connectivity index (χ4n) is 1.20. The van der Waals surface area contributed by atoms with Crippen LogP contribution in [-0.4, -0.2) is 13.3 Å². The SMILES string of the molecule is C=C(C)C/C(C)=C/SC(=C)/C(C=NC)=C/C. The van der Waals surface area contributed by atoms with E-state index in [1.165, 1.54) is 11.1 Å². The minimum Gasteiger partial charge on any atom is -0.296 e. The highest BCUT2D eigenvalue weighted by Gasteiger charge is 1.98. The largest absolute Gasteiger partial charge is 0.296 e. The van der Waals surface area contributed by atoms with Crippen LogP contribution in [0.5, 0.6) is 0 Å². The van der Waals surface area contributed by atoms with Gasteiger partial charge < -0.3 is 0 Å². The summed E-state index contributed by atoms with van der Waals surface area (Å²) in [5.41, 5.74) is 3.57. The van der Waals surface area contributed by atoms with Crippen LogP contribution in [0.25, 0.3) is 0 Å². The molecule has 0 fully saturated rings. The molecule has 0 aliphatic rings. The number of thioether (sulfide) groups is 1. The standard InChI is InChI=1S/C14H21NS/c1-7-14(9-15-6)13(5)16-10-12(4)8-11(2)3/h7,9-10H,2,5,8H2,1,3-4,6H3/b12-10+,14-7+,15-9?. The first-order valence-corrected chi connectivity index (χ1v) is 6.13. The summed E-state index contributed by atoms with van der Waals surface area (Å²) in [7, 11) is 1.77. The number of allylic oxidation sites excluding steroid dienone is 4. The molecule has 88 valence electrons. The average Bonchev–Trinajstić information content (AvgIpc) is 2.21. The number of aliphatic imine (C=N–C) groups is 1. The lowest BCUT2D eigenvalue weighted by molar-refractivity contribution is 1.12. The highest BCUT2D eigenvalue weighted by molar-refractivity contribution is 8.06. The maximum absolute atomic E-state index is 4.03. The quantitative estimate of drug-likeness (QED) is 0.367. The molecule has 0 amide bonds. The molecule has 16 heavy (non-hydrogen) atoms. The summed E-state index contributed by atoms with van der Waals surface area (Å²) in [6, 6.07) is 0. The summed E-state index contributed by atoms with van der Waals surface area (Å²) in [6.45, 7) is 14.1. The first-order chi connectivity index (χ1) is 7.51. The first-order valence-electron chi connectivity index (χ1n) is 5.25. The maximum Gasteiger partial charge on any atom is 0.0289 e. The Bertz CT molecular complexity index is 346. The van der Waals surface area contributed by atoms with Gasteiger partial charge in [0.2, 0.25) is 0 Å². The Kier molecular flexibility index (Phi) is 7.65. The van der Waals surface area contributed by atoms with Gasteiger partial charge in [-0.3, -0.25) is 4.99 Å². The summed E-state index contributed by atoms with van der Waals surface area (Å²) in [5.74, 6) is 0. The zero-order chi connectivity index (χ0) is 12.6. The van der Waals surface area contributed by atoms with Crippen LogP contribution in [0.2, 0.25) is 0 Å². The van der Waals surface area contributed by atoms with Gasteiger partial charge in [0.1, 0.15) is 0 Å². The second-order valence-electron chi connectivity index (χ2n) is 3.77. The molecule has 1 nitrogen and oxygen atoms in total. The van der Waals surface area contributed by atoms with Crippen molar-refractivity contribution in [3.63, 3.8) is 0 Å². The van der Waals surface area contributed by atoms with Crippen LogP contribution in [0.1, 0.15) is 27.2 Å². The van der Waals surface area contributed by atoms with Crippen LogP contribution in [0.3, 0.4) is 0 Å². The molecule has 0 radical (unpaired) electrons. The number of hydrogen-bond acceptors (Lipinski definition) is 2. The molecule has 0 aromatic rings. The summed E-state index contributed by atoms with van der Waals surface area (Å²) in [6.07, 6.45) is 4.80. The Balaban J connectivity index is 4.41. The zero-order valence-electron chi connectivity index (χ0n) is 10.7. The van der Waals surface area contributed by atoms with Crippen molar-refractivity contribution in [1.82, 2.24) is 0 Å². The van der Waals surface area contributed by atoms with Gasteiger partial charge in [-0.2, -0.15) is 0 Å². The van der Waals surface area contributed by atoms with E-state index in [9.17, 15) is 0 Å². The summed E-state index contributed by atoms with van der Waals surface area (Å²) in [4.78, 5) is 5.02. The zero-order valence-corrected chi connectivity index (χ0v) is 11.5. The lowest BCUT2D eigenvalue weighted by Crippen LogP contribution is -1.85. The molecule has 2 heteroatoms. The van der Waals surface area contributed by atoms with Gasteiger partial charge in [0, 0.05) is 23.7 Å². The smallest absolute Gasteiger partial charge is 0.0289 e. The molecule has 0 spiro atoms. The van der Waals surface area contributed by atoms with Gasteiger partial charge in [0.15, 0.2) is 0 Å². The van der Waals surface area contributed by atoms with Gasteiger partial charge in [-0.05, 0) is 32.6 Å². The maximum atomic E-state index is 4.03. The molecule has 0 bridgehead atoms. The van der Waals surface area contributed by atoms with E-state index in [0.29, 0.717) is 0 Å². The fourth-order valence-corrected chi connectivity index (χ4v) is 1.94. The molecule has 0 unspecified atom stereocenters. The predicted molar refractivity (Wildman–Crippen MR) is 78.1 cm³/mol. The van der Waals surface area contributed by atoms with Crippen molar-refractivity contribution in [2.45, 2.75) is 27.2 Å². The molecule has 0 saturated carbocycles. The van der Waals surface area contributed by atoms with Crippen molar-refractivity contribution < 1.29 is 0 Å². The van der Waals surface area contributed by atoms with Crippen LogP contribution in [0, 0.1) is 0 Å². The van der Waals surface area contributed by atoms with E-state index < -0.39 is 0 Å². The third-order valence-corrected chi connectivity index (χ3v) is 2.92. The third kappa shape index (κ3) is 6.46. The van der Waals surface area contributed by atoms with Crippen molar-refractivity contribution in [1.29, 1.82) is 0 Å². The van der Waals surface area contributed by atoms with E-state index in [1.54, 1.807) is 18.8 Å². The fraction of sp³-hybridized carbons (Fsp3) is 0.357. The molecule has 0 aliphatic heterocycles. The Hall–Kier alpha value is -1.02. The van der Waals surface area contributed by atoms with E-state index in [1.807, 2.05) is 26.1 Å². The molecule has 0 atom stereocenters. The summed E-state index contributed by atoms with van der Waals surface area (Å²) < 4.78 is 0. The normalized spacial score (nSPS) is 13.2. The van der Waals surface area contributed by atoms with E-state index >= 15 is 0 Å². The molecule has 0 aromatic heterocycles. The third-order valence-electron chi connectivity index (χ3n) is 1.88. The minimum absolute atomic E-state index is 0.952. The van der Waals surface area contributed by atoms with Gasteiger partial charge >= 0.3 is 0 Å². The van der Waals surface area contributed by atoms with Crippen molar-refractivity contribution in [2.24, 2.45) is 4.99 Å². The Morgan fingerprint density at radius 2 is 1.94 bits per heavy atom. The lowest BCUT2D eigenvalue weighted by atomic mass is 10.1. The van der Waals surface area contributed by atoms with Crippen LogP contribution < -0.4 is 0 Å². The summed E-state index contributed by atoms with van der Waals surface area (Å²) >= 11 is 1.64. The molecule has 0 heterocycles. The monoisotopic (exact) mass is 235 g/mol. The van der Waals surface area contributed by atoms with Gasteiger partial charge in [0.05, 0.1) is 0 Å². The van der Waals surface area contributed by atoms with Crippen LogP contribution >= 0.6 is 11.8 Å². The molecular weight excluding hydrogens is 214 g/mol. The summed E-state index contributed by atoms with van der Waals surface area (Å²) in [5, 5.41) is 2.13. The second-order valence-corrected chi connectivity index (χ2v) is 4.73. The molecule has 0 aromatic carbocycles. The van der Waals surface area contributed by atoms with Gasteiger partial charge in [-0.1, -0.05) is 42.1 Å². The van der Waals surface area contributed by atoms with Gasteiger partial charge in [-0.15, -0.1) is 0 Å². The van der Waals surface area contributed by atoms with Crippen molar-refractivity contribution in [3.8, 4) is 0 Å².